The van der Waals surface area contributed by atoms with Crippen LogP contribution in [-0.4, -0.2) is 28.3 Å². The first kappa shape index (κ1) is 12.1. The number of rotatable bonds is 3. The Morgan fingerprint density at radius 3 is 2.81 bits per heavy atom. The van der Waals surface area contributed by atoms with Crippen molar-refractivity contribution in [2.45, 2.75) is 26.3 Å². The summed E-state index contributed by atoms with van der Waals surface area (Å²) >= 11 is 3.58. The van der Waals surface area contributed by atoms with Gasteiger partial charge in [-0.25, -0.2) is 0 Å². The molecule has 1 aliphatic rings. The normalized spacial score (nSPS) is 18.9. The van der Waals surface area contributed by atoms with Crippen LogP contribution in [0.1, 0.15) is 24.1 Å². The maximum Gasteiger partial charge on any atom is 0.0573 e. The fourth-order valence-electron chi connectivity index (χ4n) is 2.19. The second kappa shape index (κ2) is 5.78. The summed E-state index contributed by atoms with van der Waals surface area (Å²) in [7, 11) is 0. The number of piperidine rings is 1. The van der Waals surface area contributed by atoms with E-state index < -0.39 is 0 Å². The maximum absolute atomic E-state index is 4.46. The molecule has 0 saturated carbocycles. The van der Waals surface area contributed by atoms with E-state index in [2.05, 4.69) is 38.8 Å². The Balaban J connectivity index is 1.89. The van der Waals surface area contributed by atoms with Crippen LogP contribution in [0.25, 0.3) is 0 Å². The van der Waals surface area contributed by atoms with Crippen molar-refractivity contribution in [2.24, 2.45) is 5.92 Å². The molecule has 1 aliphatic heterocycles. The number of likely N-dealkylation sites (tertiary alicyclic amines) is 1. The minimum Gasteiger partial charge on any atom is -0.297 e. The van der Waals surface area contributed by atoms with Gasteiger partial charge in [-0.1, -0.05) is 22.0 Å². The summed E-state index contributed by atoms with van der Waals surface area (Å²) in [6.07, 6.45) is 4.53. The smallest absolute Gasteiger partial charge is 0.0573 e. The minimum atomic E-state index is 0.876. The van der Waals surface area contributed by atoms with E-state index in [1.807, 2.05) is 12.3 Å². The van der Waals surface area contributed by atoms with Crippen LogP contribution in [-0.2, 0) is 6.54 Å². The Bertz CT molecular complexity index is 332. The highest BCUT2D eigenvalue weighted by molar-refractivity contribution is 9.09. The minimum absolute atomic E-state index is 0.876. The molecule has 1 fully saturated rings. The van der Waals surface area contributed by atoms with Gasteiger partial charge in [0.15, 0.2) is 0 Å². The number of halogens is 1. The van der Waals surface area contributed by atoms with E-state index in [0.717, 1.165) is 17.8 Å². The van der Waals surface area contributed by atoms with E-state index >= 15 is 0 Å². The number of hydrogen-bond donors (Lipinski definition) is 0. The van der Waals surface area contributed by atoms with Crippen LogP contribution in [0.5, 0.6) is 0 Å². The fraction of sp³-hybridized carbons (Fsp3) is 0.615. The number of pyridine rings is 1. The summed E-state index contributed by atoms with van der Waals surface area (Å²) in [4.78, 5) is 6.98. The van der Waals surface area contributed by atoms with E-state index in [0.29, 0.717) is 0 Å². The highest BCUT2D eigenvalue weighted by atomic mass is 79.9. The maximum atomic E-state index is 4.46. The Morgan fingerprint density at radius 1 is 1.44 bits per heavy atom. The van der Waals surface area contributed by atoms with E-state index in [1.165, 1.54) is 37.2 Å². The van der Waals surface area contributed by atoms with Crippen molar-refractivity contribution < 1.29 is 0 Å². The van der Waals surface area contributed by atoms with Gasteiger partial charge in [0.25, 0.3) is 0 Å². The second-order valence-electron chi connectivity index (χ2n) is 4.64. The summed E-state index contributed by atoms with van der Waals surface area (Å²) in [6, 6.07) is 4.16. The van der Waals surface area contributed by atoms with Crippen LogP contribution in [0.4, 0.5) is 0 Å². The zero-order valence-electron chi connectivity index (χ0n) is 9.82. The van der Waals surface area contributed by atoms with Crippen molar-refractivity contribution in [3.63, 3.8) is 0 Å². The van der Waals surface area contributed by atoms with Crippen LogP contribution in [0.15, 0.2) is 18.3 Å². The lowest BCUT2D eigenvalue weighted by Gasteiger charge is -2.31. The van der Waals surface area contributed by atoms with Crippen molar-refractivity contribution in [3.05, 3.63) is 29.6 Å². The van der Waals surface area contributed by atoms with Crippen LogP contribution in [0, 0.1) is 12.8 Å². The molecule has 1 aromatic rings. The molecular formula is C13H19BrN2. The number of aryl methyl sites for hydroxylation is 1. The molecule has 88 valence electrons. The third-order valence-electron chi connectivity index (χ3n) is 3.42. The molecule has 0 unspecified atom stereocenters. The number of hydrogen-bond acceptors (Lipinski definition) is 2. The average molecular weight is 283 g/mol. The van der Waals surface area contributed by atoms with Gasteiger partial charge in [0.2, 0.25) is 0 Å². The third-order valence-corrected chi connectivity index (χ3v) is 4.33. The molecule has 1 aromatic heterocycles. The molecular weight excluding hydrogens is 264 g/mol. The van der Waals surface area contributed by atoms with Gasteiger partial charge in [0.05, 0.1) is 5.69 Å². The Hall–Kier alpha value is -0.410. The molecule has 0 spiro atoms. The molecule has 0 aliphatic carbocycles. The van der Waals surface area contributed by atoms with E-state index in [1.54, 1.807) is 0 Å². The Labute approximate surface area is 106 Å². The monoisotopic (exact) mass is 282 g/mol. The molecule has 1 saturated heterocycles. The lowest BCUT2D eigenvalue weighted by Crippen LogP contribution is -2.34. The van der Waals surface area contributed by atoms with Crippen molar-refractivity contribution in [3.8, 4) is 0 Å². The van der Waals surface area contributed by atoms with Crippen LogP contribution >= 0.6 is 15.9 Å². The summed E-state index contributed by atoms with van der Waals surface area (Å²) in [5.41, 5.74) is 2.55. The number of aromatic nitrogens is 1. The zero-order chi connectivity index (χ0) is 11.4. The Morgan fingerprint density at radius 2 is 2.19 bits per heavy atom. The van der Waals surface area contributed by atoms with Gasteiger partial charge < -0.3 is 0 Å². The van der Waals surface area contributed by atoms with Gasteiger partial charge in [-0.05, 0) is 50.4 Å². The fourth-order valence-corrected chi connectivity index (χ4v) is 2.84. The van der Waals surface area contributed by atoms with Crippen molar-refractivity contribution in [1.29, 1.82) is 0 Å². The van der Waals surface area contributed by atoms with Gasteiger partial charge in [-0.2, -0.15) is 0 Å². The molecule has 2 nitrogen and oxygen atoms in total. The predicted molar refractivity (Wildman–Crippen MR) is 70.8 cm³/mol. The first-order valence-corrected chi connectivity index (χ1v) is 7.10. The average Bonchev–Trinajstić information content (AvgIpc) is 2.33. The third kappa shape index (κ3) is 3.05. The SMILES string of the molecule is Cc1cccnc1CN1CCC(CBr)CC1. The molecule has 2 rings (SSSR count). The lowest BCUT2D eigenvalue weighted by molar-refractivity contribution is 0.185. The number of alkyl halides is 1. The van der Waals surface area contributed by atoms with Crippen molar-refractivity contribution >= 4 is 15.9 Å². The lowest BCUT2D eigenvalue weighted by atomic mass is 9.99. The molecule has 16 heavy (non-hydrogen) atoms. The first-order chi connectivity index (χ1) is 7.79. The molecule has 0 radical (unpaired) electrons. The zero-order valence-corrected chi connectivity index (χ0v) is 11.4. The highest BCUT2D eigenvalue weighted by Gasteiger charge is 2.18. The highest BCUT2D eigenvalue weighted by Crippen LogP contribution is 2.20. The van der Waals surface area contributed by atoms with Crippen LogP contribution in [0.2, 0.25) is 0 Å². The summed E-state index contributed by atoms with van der Waals surface area (Å²) in [5, 5.41) is 1.16. The number of nitrogens with zero attached hydrogens (tertiary/aromatic N) is 2. The summed E-state index contributed by atoms with van der Waals surface area (Å²) < 4.78 is 0. The van der Waals surface area contributed by atoms with Gasteiger partial charge in [0, 0.05) is 18.1 Å². The van der Waals surface area contributed by atoms with Crippen molar-refractivity contribution in [2.75, 3.05) is 18.4 Å². The van der Waals surface area contributed by atoms with E-state index in [4.69, 9.17) is 0 Å². The quantitative estimate of drug-likeness (QED) is 0.793. The molecule has 0 bridgehead atoms. The summed E-state index contributed by atoms with van der Waals surface area (Å²) in [6.45, 7) is 5.59. The Kier molecular flexibility index (Phi) is 4.36. The van der Waals surface area contributed by atoms with Crippen LogP contribution in [0.3, 0.4) is 0 Å². The molecule has 2 heterocycles. The van der Waals surface area contributed by atoms with Gasteiger partial charge >= 0.3 is 0 Å². The molecule has 0 aromatic carbocycles. The molecule has 3 heteroatoms. The molecule has 0 atom stereocenters. The largest absolute Gasteiger partial charge is 0.297 e. The standard InChI is InChI=1S/C13H19BrN2/c1-11-3-2-6-15-13(11)10-16-7-4-12(9-14)5-8-16/h2-3,6,12H,4-5,7-10H2,1H3. The predicted octanol–water partition coefficient (Wildman–Crippen LogP) is 3.00. The molecule has 0 N–H and O–H groups in total. The summed E-state index contributed by atoms with van der Waals surface area (Å²) in [5.74, 6) is 0.876. The topological polar surface area (TPSA) is 16.1 Å². The second-order valence-corrected chi connectivity index (χ2v) is 5.29. The van der Waals surface area contributed by atoms with Crippen molar-refractivity contribution in [1.82, 2.24) is 9.88 Å². The first-order valence-electron chi connectivity index (χ1n) is 5.98. The molecule has 0 amide bonds. The van der Waals surface area contributed by atoms with Crippen LogP contribution < -0.4 is 0 Å². The van der Waals surface area contributed by atoms with Gasteiger partial charge in [0.1, 0.15) is 0 Å². The van der Waals surface area contributed by atoms with Gasteiger partial charge in [-0.15, -0.1) is 0 Å². The van der Waals surface area contributed by atoms with Gasteiger partial charge in [-0.3, -0.25) is 9.88 Å². The van der Waals surface area contributed by atoms with E-state index in [-0.39, 0.29) is 0 Å². The van der Waals surface area contributed by atoms with E-state index in [9.17, 15) is 0 Å².